The van der Waals surface area contributed by atoms with Crippen LogP contribution >= 0.6 is 11.3 Å². The predicted octanol–water partition coefficient (Wildman–Crippen LogP) is 2.38. The first kappa shape index (κ1) is 19.3. The van der Waals surface area contributed by atoms with E-state index in [1.165, 1.54) is 18.4 Å². The number of aromatic nitrogens is 8. The molecule has 1 aromatic carbocycles. The average molecular weight is 434 g/mol. The molecule has 31 heavy (non-hydrogen) atoms. The summed E-state index contributed by atoms with van der Waals surface area (Å²) < 4.78 is 7.37. The van der Waals surface area contributed by atoms with Crippen molar-refractivity contribution in [2.45, 2.75) is 19.1 Å². The Labute approximate surface area is 180 Å². The summed E-state index contributed by atoms with van der Waals surface area (Å²) in [6.45, 7) is 2.53. The molecule has 5 aromatic rings. The number of hydrogen-bond donors (Lipinski definition) is 2. The number of pyridine rings is 1. The summed E-state index contributed by atoms with van der Waals surface area (Å²) in [4.78, 5) is 13.7. The minimum absolute atomic E-state index is 0.329. The Morgan fingerprint density at radius 1 is 1.23 bits per heavy atom. The maximum absolute atomic E-state index is 12.1. The van der Waals surface area contributed by atoms with E-state index in [1.54, 1.807) is 6.20 Å². The number of imidazole rings is 1. The smallest absolute Gasteiger partial charge is 0.226 e. The molecule has 4 heterocycles. The zero-order valence-corrected chi connectivity index (χ0v) is 17.5. The summed E-state index contributed by atoms with van der Waals surface area (Å²) in [6, 6.07) is 11.2. The first-order chi connectivity index (χ1) is 15.2. The Morgan fingerprint density at radius 2 is 2.06 bits per heavy atom. The lowest BCUT2D eigenvalue weighted by Gasteiger charge is -2.26. The molecular weight excluding hydrogens is 416 g/mol. The summed E-state index contributed by atoms with van der Waals surface area (Å²) in [5.41, 5.74) is 0.875. The number of nitrogens with zero attached hydrogens (tertiary/aromatic N) is 7. The number of aliphatic hydroxyl groups is 1. The number of methoxy groups -OCH3 is 1. The fourth-order valence-corrected chi connectivity index (χ4v) is 4.41. The second-order valence-corrected chi connectivity index (χ2v) is 7.63. The zero-order chi connectivity index (χ0) is 21.4. The van der Waals surface area contributed by atoms with Crippen molar-refractivity contribution in [1.29, 1.82) is 0 Å². The van der Waals surface area contributed by atoms with Gasteiger partial charge in [0, 0.05) is 18.1 Å². The minimum Gasteiger partial charge on any atom is -0.480 e. The number of nitrogens with one attached hydrogen (secondary N) is 1. The van der Waals surface area contributed by atoms with E-state index in [4.69, 9.17) is 9.72 Å². The SMILES string of the molecule is CCn1c(C(O)(c2ccccc2)c2nccs2)nc2nc(OC)c(-c3nnn[nH]3)cc21. The second-order valence-electron chi connectivity index (χ2n) is 6.73. The number of aryl methyl sites for hydroxylation is 1. The van der Waals surface area contributed by atoms with E-state index in [0.29, 0.717) is 45.9 Å². The highest BCUT2D eigenvalue weighted by molar-refractivity contribution is 7.09. The number of thiazole rings is 1. The molecule has 0 radical (unpaired) electrons. The van der Waals surface area contributed by atoms with Crippen LogP contribution in [0.1, 0.15) is 23.3 Å². The van der Waals surface area contributed by atoms with E-state index in [1.807, 2.05) is 53.3 Å². The molecule has 0 amide bonds. The quantitative estimate of drug-likeness (QED) is 0.417. The molecule has 10 nitrogen and oxygen atoms in total. The van der Waals surface area contributed by atoms with E-state index >= 15 is 0 Å². The molecule has 1 unspecified atom stereocenters. The molecule has 5 rings (SSSR count). The summed E-state index contributed by atoms with van der Waals surface area (Å²) in [6.07, 6.45) is 1.67. The van der Waals surface area contributed by atoms with Gasteiger partial charge in [-0.05, 0) is 29.0 Å². The zero-order valence-electron chi connectivity index (χ0n) is 16.7. The van der Waals surface area contributed by atoms with Gasteiger partial charge in [-0.3, -0.25) is 0 Å². The number of rotatable bonds is 6. The van der Waals surface area contributed by atoms with Gasteiger partial charge >= 0.3 is 0 Å². The number of tetrazole rings is 1. The Balaban J connectivity index is 1.81. The van der Waals surface area contributed by atoms with Crippen LogP contribution < -0.4 is 4.74 Å². The Bertz CT molecular complexity index is 1320. The largest absolute Gasteiger partial charge is 0.480 e. The van der Waals surface area contributed by atoms with Crippen molar-refractivity contribution >= 4 is 22.5 Å². The highest BCUT2D eigenvalue weighted by Crippen LogP contribution is 2.39. The van der Waals surface area contributed by atoms with E-state index in [-0.39, 0.29) is 0 Å². The standard InChI is InChI=1S/C20H18N8O2S/c1-3-28-14-11-13(15-24-26-27-25-15)17(30-2)22-16(14)23-18(28)20(29,19-21-9-10-31-19)12-7-5-4-6-8-12/h4-11,29H,3H2,1-2H3,(H,24,25,26,27). The molecular formula is C20H18N8O2S. The highest BCUT2D eigenvalue weighted by Gasteiger charge is 2.41. The third kappa shape index (κ3) is 2.97. The van der Waals surface area contributed by atoms with Crippen LogP contribution in [0.3, 0.4) is 0 Å². The fourth-order valence-electron chi connectivity index (χ4n) is 3.66. The number of fused-ring (bicyclic) bond motifs is 1. The van der Waals surface area contributed by atoms with Crippen LogP contribution in [-0.2, 0) is 12.1 Å². The fraction of sp³-hybridized carbons (Fsp3) is 0.200. The van der Waals surface area contributed by atoms with Crippen molar-refractivity contribution in [3.05, 3.63) is 64.4 Å². The Kier molecular flexibility index (Phi) is 4.68. The van der Waals surface area contributed by atoms with Crippen LogP contribution in [-0.4, -0.2) is 52.4 Å². The van der Waals surface area contributed by atoms with Crippen LogP contribution in [0.5, 0.6) is 5.88 Å². The third-order valence-corrected chi connectivity index (χ3v) is 5.96. The van der Waals surface area contributed by atoms with Crippen LogP contribution in [0.2, 0.25) is 0 Å². The van der Waals surface area contributed by atoms with Crippen LogP contribution in [0.15, 0.2) is 48.0 Å². The number of aromatic amines is 1. The molecule has 0 fully saturated rings. The van der Waals surface area contributed by atoms with Gasteiger partial charge in [0.05, 0.1) is 18.2 Å². The summed E-state index contributed by atoms with van der Waals surface area (Å²) >= 11 is 1.37. The topological polar surface area (TPSA) is 128 Å². The first-order valence-corrected chi connectivity index (χ1v) is 10.4. The molecule has 0 saturated carbocycles. The summed E-state index contributed by atoms with van der Waals surface area (Å²) in [5, 5.41) is 28.4. The molecule has 0 saturated heterocycles. The lowest BCUT2D eigenvalue weighted by atomic mass is 9.93. The number of benzene rings is 1. The average Bonchev–Trinajstić information content (AvgIpc) is 3.58. The van der Waals surface area contributed by atoms with Gasteiger partial charge in [-0.25, -0.2) is 15.1 Å². The molecule has 11 heteroatoms. The van der Waals surface area contributed by atoms with Crippen molar-refractivity contribution in [2.75, 3.05) is 7.11 Å². The van der Waals surface area contributed by atoms with Crippen molar-refractivity contribution in [3.8, 4) is 17.3 Å². The molecule has 1 atom stereocenters. The maximum Gasteiger partial charge on any atom is 0.226 e. The molecule has 0 bridgehead atoms. The molecule has 0 aliphatic carbocycles. The van der Waals surface area contributed by atoms with Gasteiger partial charge in [0.25, 0.3) is 0 Å². The Hall–Kier alpha value is -3.70. The molecule has 0 aliphatic rings. The number of ether oxygens (including phenoxy) is 1. The predicted molar refractivity (Wildman–Crippen MR) is 114 cm³/mol. The minimum atomic E-state index is -1.55. The normalized spacial score (nSPS) is 13.4. The van der Waals surface area contributed by atoms with Crippen LogP contribution in [0.4, 0.5) is 0 Å². The van der Waals surface area contributed by atoms with Crippen molar-refractivity contribution < 1.29 is 9.84 Å². The number of hydrogen-bond acceptors (Lipinski definition) is 9. The highest BCUT2D eigenvalue weighted by atomic mass is 32.1. The van der Waals surface area contributed by atoms with Crippen molar-refractivity contribution in [2.24, 2.45) is 0 Å². The molecule has 0 aliphatic heterocycles. The van der Waals surface area contributed by atoms with Gasteiger partial charge in [-0.1, -0.05) is 30.3 Å². The van der Waals surface area contributed by atoms with Crippen LogP contribution in [0.25, 0.3) is 22.6 Å². The molecule has 4 aromatic heterocycles. The maximum atomic E-state index is 12.1. The van der Waals surface area contributed by atoms with Crippen molar-refractivity contribution in [1.82, 2.24) is 40.1 Å². The first-order valence-electron chi connectivity index (χ1n) is 9.54. The van der Waals surface area contributed by atoms with Gasteiger partial charge in [0.1, 0.15) is 5.01 Å². The molecule has 2 N–H and O–H groups in total. The second kappa shape index (κ2) is 7.52. The van der Waals surface area contributed by atoms with E-state index in [0.717, 1.165) is 5.52 Å². The lowest BCUT2D eigenvalue weighted by molar-refractivity contribution is 0.111. The van der Waals surface area contributed by atoms with Gasteiger partial charge in [-0.15, -0.1) is 16.4 Å². The van der Waals surface area contributed by atoms with E-state index in [2.05, 4.69) is 30.6 Å². The van der Waals surface area contributed by atoms with Gasteiger partial charge in [0.2, 0.25) is 5.88 Å². The van der Waals surface area contributed by atoms with Gasteiger partial charge < -0.3 is 14.4 Å². The third-order valence-electron chi connectivity index (χ3n) is 5.07. The summed E-state index contributed by atoms with van der Waals surface area (Å²) in [5.74, 6) is 1.18. The monoisotopic (exact) mass is 434 g/mol. The van der Waals surface area contributed by atoms with E-state index in [9.17, 15) is 5.11 Å². The van der Waals surface area contributed by atoms with Gasteiger partial charge in [-0.2, -0.15) is 4.98 Å². The molecule has 0 spiro atoms. The van der Waals surface area contributed by atoms with Crippen LogP contribution in [0, 0.1) is 0 Å². The lowest BCUT2D eigenvalue weighted by Crippen LogP contribution is -2.32. The number of H-pyrrole nitrogens is 1. The van der Waals surface area contributed by atoms with E-state index < -0.39 is 5.60 Å². The summed E-state index contributed by atoms with van der Waals surface area (Å²) in [7, 11) is 1.52. The van der Waals surface area contributed by atoms with Gasteiger partial charge in [0.15, 0.2) is 22.9 Å². The van der Waals surface area contributed by atoms with Crippen molar-refractivity contribution in [3.63, 3.8) is 0 Å². The Morgan fingerprint density at radius 3 is 2.71 bits per heavy atom. The molecule has 156 valence electrons.